The van der Waals surface area contributed by atoms with E-state index in [0.717, 1.165) is 10.2 Å². The molecule has 0 bridgehead atoms. The van der Waals surface area contributed by atoms with Gasteiger partial charge in [-0.15, -0.1) is 0 Å². The molecule has 0 aliphatic rings. The second-order valence-electron chi connectivity index (χ2n) is 3.19. The number of nitrogens with one attached hydrogen (secondary N) is 1. The number of halogens is 1. The van der Waals surface area contributed by atoms with Crippen molar-refractivity contribution >= 4 is 15.9 Å². The Bertz CT molecular complexity index is 453. The van der Waals surface area contributed by atoms with Gasteiger partial charge in [-0.25, -0.2) is 0 Å². The quantitative estimate of drug-likeness (QED) is 0.937. The molecule has 2 rings (SSSR count). The van der Waals surface area contributed by atoms with Crippen LogP contribution < -0.4 is 10.1 Å². The van der Waals surface area contributed by atoms with Gasteiger partial charge in [-0.05, 0) is 31.3 Å². The van der Waals surface area contributed by atoms with E-state index in [0.29, 0.717) is 12.3 Å². The molecule has 1 heterocycles. The minimum atomic E-state index is 0.257. The van der Waals surface area contributed by atoms with E-state index in [1.54, 1.807) is 6.26 Å². The highest BCUT2D eigenvalue weighted by Crippen LogP contribution is 2.22. The summed E-state index contributed by atoms with van der Waals surface area (Å²) in [6.45, 7) is 0.660. The molecule has 1 N–H and O–H groups in total. The van der Waals surface area contributed by atoms with Crippen LogP contribution in [0.5, 0.6) is 11.8 Å². The van der Waals surface area contributed by atoms with Crippen molar-refractivity contribution in [3.8, 4) is 11.8 Å². The van der Waals surface area contributed by atoms with Crippen LogP contribution in [0.4, 0.5) is 0 Å². The molecular formula is C11H11BrN2O2. The maximum atomic E-state index is 5.43. The van der Waals surface area contributed by atoms with Gasteiger partial charge in [-0.1, -0.05) is 15.9 Å². The van der Waals surface area contributed by atoms with Crippen molar-refractivity contribution in [1.82, 2.24) is 10.3 Å². The van der Waals surface area contributed by atoms with Crippen molar-refractivity contribution in [2.75, 3.05) is 7.05 Å². The van der Waals surface area contributed by atoms with Crippen molar-refractivity contribution in [3.05, 3.63) is 40.7 Å². The monoisotopic (exact) mass is 282 g/mol. The molecule has 0 aliphatic carbocycles. The highest BCUT2D eigenvalue weighted by Gasteiger charge is 2.05. The van der Waals surface area contributed by atoms with E-state index in [1.165, 1.54) is 0 Å². The Balaban J connectivity index is 2.05. The highest BCUT2D eigenvalue weighted by molar-refractivity contribution is 9.10. The summed E-state index contributed by atoms with van der Waals surface area (Å²) in [7, 11) is 1.85. The van der Waals surface area contributed by atoms with Gasteiger partial charge in [-0.2, -0.15) is 4.98 Å². The van der Waals surface area contributed by atoms with Gasteiger partial charge in [0.25, 0.3) is 0 Å². The average molecular weight is 283 g/mol. The Morgan fingerprint density at radius 3 is 2.81 bits per heavy atom. The molecule has 4 nitrogen and oxygen atoms in total. The second-order valence-corrected chi connectivity index (χ2v) is 4.11. The summed E-state index contributed by atoms with van der Waals surface area (Å²) in [6.07, 6.45) is 1.83. The summed E-state index contributed by atoms with van der Waals surface area (Å²) in [5.74, 6) is 0.695. The molecule has 1 aromatic heterocycles. The van der Waals surface area contributed by atoms with Gasteiger partial charge in [0.2, 0.25) is 0 Å². The van der Waals surface area contributed by atoms with E-state index >= 15 is 0 Å². The maximum Gasteiger partial charge on any atom is 0.399 e. The Morgan fingerprint density at radius 1 is 1.38 bits per heavy atom. The summed E-state index contributed by atoms with van der Waals surface area (Å²) in [6, 6.07) is 7.47. The third-order valence-electron chi connectivity index (χ3n) is 1.91. The van der Waals surface area contributed by atoms with E-state index in [4.69, 9.17) is 9.15 Å². The van der Waals surface area contributed by atoms with Gasteiger partial charge >= 0.3 is 6.08 Å². The van der Waals surface area contributed by atoms with Gasteiger partial charge < -0.3 is 14.5 Å². The zero-order chi connectivity index (χ0) is 11.4. The standard InChI is InChI=1S/C11H11BrN2O2/c1-13-6-9-7-15-11(14-9)16-10-4-2-8(12)3-5-10/h2-5,7,13H,6H2,1H3. The van der Waals surface area contributed by atoms with Crippen LogP contribution >= 0.6 is 15.9 Å². The number of benzene rings is 1. The molecule has 0 unspecified atom stereocenters. The van der Waals surface area contributed by atoms with Crippen LogP contribution in [-0.4, -0.2) is 12.0 Å². The highest BCUT2D eigenvalue weighted by atomic mass is 79.9. The van der Waals surface area contributed by atoms with Gasteiger partial charge in [-0.3, -0.25) is 0 Å². The minimum absolute atomic E-state index is 0.257. The predicted octanol–water partition coefficient (Wildman–Crippen LogP) is 2.95. The maximum absolute atomic E-state index is 5.43. The zero-order valence-electron chi connectivity index (χ0n) is 8.74. The van der Waals surface area contributed by atoms with Gasteiger partial charge in [0.1, 0.15) is 12.0 Å². The normalized spacial score (nSPS) is 10.4. The summed E-state index contributed by atoms with van der Waals surface area (Å²) in [5, 5.41) is 2.98. The lowest BCUT2D eigenvalue weighted by Gasteiger charge is -1.99. The number of oxazole rings is 1. The zero-order valence-corrected chi connectivity index (χ0v) is 10.3. The first-order valence-electron chi connectivity index (χ1n) is 4.80. The molecular weight excluding hydrogens is 272 g/mol. The number of hydrogen-bond acceptors (Lipinski definition) is 4. The lowest BCUT2D eigenvalue weighted by Crippen LogP contribution is -2.04. The molecule has 0 fully saturated rings. The topological polar surface area (TPSA) is 47.3 Å². The average Bonchev–Trinajstić information content (AvgIpc) is 2.70. The van der Waals surface area contributed by atoms with Gasteiger partial charge in [0.05, 0.1) is 5.69 Å². The van der Waals surface area contributed by atoms with Crippen LogP contribution in [0.25, 0.3) is 0 Å². The Kier molecular flexibility index (Phi) is 3.58. The minimum Gasteiger partial charge on any atom is -0.417 e. The lowest BCUT2D eigenvalue weighted by atomic mass is 10.3. The van der Waals surface area contributed by atoms with Crippen LogP contribution in [-0.2, 0) is 6.54 Å². The van der Waals surface area contributed by atoms with Crippen molar-refractivity contribution < 1.29 is 9.15 Å². The van der Waals surface area contributed by atoms with E-state index < -0.39 is 0 Å². The molecule has 2 aromatic rings. The van der Waals surface area contributed by atoms with Crippen molar-refractivity contribution in [1.29, 1.82) is 0 Å². The number of nitrogens with zero attached hydrogens (tertiary/aromatic N) is 1. The molecule has 0 spiro atoms. The second kappa shape index (κ2) is 5.14. The van der Waals surface area contributed by atoms with E-state index in [2.05, 4.69) is 26.2 Å². The fourth-order valence-corrected chi connectivity index (χ4v) is 1.47. The summed E-state index contributed by atoms with van der Waals surface area (Å²) in [4.78, 5) is 4.15. The SMILES string of the molecule is CNCc1coc(Oc2ccc(Br)cc2)n1. The van der Waals surface area contributed by atoms with Crippen LogP contribution in [0, 0.1) is 0 Å². The van der Waals surface area contributed by atoms with Crippen LogP contribution in [0.1, 0.15) is 5.69 Å². The molecule has 0 atom stereocenters. The number of hydrogen-bond donors (Lipinski definition) is 1. The molecule has 0 radical (unpaired) electrons. The van der Waals surface area contributed by atoms with Gasteiger partial charge in [0, 0.05) is 11.0 Å². The summed E-state index contributed by atoms with van der Waals surface area (Å²) >= 11 is 3.35. The van der Waals surface area contributed by atoms with Crippen molar-refractivity contribution in [2.24, 2.45) is 0 Å². The first kappa shape index (κ1) is 11.2. The molecule has 5 heteroatoms. The Hall–Kier alpha value is -1.33. The third-order valence-corrected chi connectivity index (χ3v) is 2.44. The van der Waals surface area contributed by atoms with E-state index in [1.807, 2.05) is 31.3 Å². The van der Waals surface area contributed by atoms with E-state index in [9.17, 15) is 0 Å². The summed E-state index contributed by atoms with van der Waals surface area (Å²) in [5.41, 5.74) is 0.814. The molecule has 84 valence electrons. The fourth-order valence-electron chi connectivity index (χ4n) is 1.20. The lowest BCUT2D eigenvalue weighted by molar-refractivity contribution is 0.330. The number of ether oxygens (including phenoxy) is 1. The van der Waals surface area contributed by atoms with Gasteiger partial charge in [0.15, 0.2) is 0 Å². The molecule has 0 amide bonds. The molecule has 0 saturated heterocycles. The smallest absolute Gasteiger partial charge is 0.399 e. The molecule has 16 heavy (non-hydrogen) atoms. The van der Waals surface area contributed by atoms with Crippen LogP contribution in [0.2, 0.25) is 0 Å². The predicted molar refractivity (Wildman–Crippen MR) is 63.5 cm³/mol. The number of rotatable bonds is 4. The van der Waals surface area contributed by atoms with Crippen molar-refractivity contribution in [3.63, 3.8) is 0 Å². The molecule has 0 saturated carbocycles. The van der Waals surface area contributed by atoms with Crippen molar-refractivity contribution in [2.45, 2.75) is 6.54 Å². The first-order valence-corrected chi connectivity index (χ1v) is 5.59. The van der Waals surface area contributed by atoms with Crippen LogP contribution in [0.3, 0.4) is 0 Å². The fraction of sp³-hybridized carbons (Fsp3) is 0.182. The third kappa shape index (κ3) is 2.84. The largest absolute Gasteiger partial charge is 0.417 e. The Labute approximate surface area is 102 Å². The van der Waals surface area contributed by atoms with Crippen LogP contribution in [0.15, 0.2) is 39.4 Å². The number of aromatic nitrogens is 1. The summed E-state index contributed by atoms with van der Waals surface area (Å²) < 4.78 is 11.6. The molecule has 0 aliphatic heterocycles. The first-order chi connectivity index (χ1) is 7.78. The Morgan fingerprint density at radius 2 is 2.12 bits per heavy atom. The molecule has 1 aromatic carbocycles. The van der Waals surface area contributed by atoms with E-state index in [-0.39, 0.29) is 6.08 Å².